The summed E-state index contributed by atoms with van der Waals surface area (Å²) in [6.45, 7) is 3.40. The summed E-state index contributed by atoms with van der Waals surface area (Å²) in [7, 11) is 0. The van der Waals surface area contributed by atoms with Gasteiger partial charge in [-0.05, 0) is 25.0 Å². The first-order valence-electron chi connectivity index (χ1n) is 6.32. The molecule has 0 unspecified atom stereocenters. The summed E-state index contributed by atoms with van der Waals surface area (Å²) < 4.78 is 0. The molecular formula is C15H17NO3. The Morgan fingerprint density at radius 2 is 2.05 bits per heavy atom. The van der Waals surface area contributed by atoms with Crippen LogP contribution in [0.4, 0.5) is 0 Å². The minimum absolute atomic E-state index is 0.0162. The summed E-state index contributed by atoms with van der Waals surface area (Å²) in [6.07, 6.45) is 3.09. The number of hydrogen-bond donors (Lipinski definition) is 1. The van der Waals surface area contributed by atoms with Gasteiger partial charge in [0.2, 0.25) is 5.91 Å². The van der Waals surface area contributed by atoms with Crippen LogP contribution in [-0.4, -0.2) is 35.0 Å². The van der Waals surface area contributed by atoms with Crippen LogP contribution in [0, 0.1) is 0 Å². The van der Waals surface area contributed by atoms with Gasteiger partial charge in [0.25, 0.3) is 0 Å². The third kappa shape index (κ3) is 3.22. The Morgan fingerprint density at radius 1 is 1.32 bits per heavy atom. The van der Waals surface area contributed by atoms with E-state index < -0.39 is 5.97 Å². The molecule has 0 fully saturated rings. The molecule has 2 rings (SSSR count). The Kier molecular flexibility index (Phi) is 4.00. The molecule has 1 N–H and O–H groups in total. The van der Waals surface area contributed by atoms with Crippen molar-refractivity contribution in [3.63, 3.8) is 0 Å². The maximum absolute atomic E-state index is 12.2. The lowest BCUT2D eigenvalue weighted by atomic mass is 10.0. The van der Waals surface area contributed by atoms with Crippen LogP contribution in [-0.2, 0) is 11.2 Å². The van der Waals surface area contributed by atoms with Crippen LogP contribution < -0.4 is 0 Å². The monoisotopic (exact) mass is 259 g/mol. The number of rotatable bonds is 3. The molecule has 1 aliphatic rings. The molecule has 1 aliphatic heterocycles. The zero-order valence-electron chi connectivity index (χ0n) is 10.9. The third-order valence-corrected chi connectivity index (χ3v) is 3.38. The van der Waals surface area contributed by atoms with E-state index in [1.165, 1.54) is 11.6 Å². The number of carbonyl (C=O) groups is 2. The van der Waals surface area contributed by atoms with Crippen molar-refractivity contribution in [1.29, 1.82) is 0 Å². The van der Waals surface area contributed by atoms with Gasteiger partial charge < -0.3 is 10.0 Å². The lowest BCUT2D eigenvalue weighted by molar-refractivity contribution is -0.130. The van der Waals surface area contributed by atoms with Gasteiger partial charge in [0.05, 0.1) is 12.0 Å². The number of hydrogen-bond acceptors (Lipinski definition) is 2. The highest BCUT2D eigenvalue weighted by Crippen LogP contribution is 2.14. The molecule has 1 heterocycles. The number of nitrogens with zero attached hydrogens (tertiary/aromatic N) is 1. The molecule has 1 aromatic rings. The predicted molar refractivity (Wildman–Crippen MR) is 72.1 cm³/mol. The average Bonchev–Trinajstić information content (AvgIpc) is 2.39. The summed E-state index contributed by atoms with van der Waals surface area (Å²) in [5, 5.41) is 9.09. The molecule has 1 aromatic carbocycles. The molecule has 0 aromatic heterocycles. The minimum Gasteiger partial charge on any atom is -0.478 e. The highest BCUT2D eigenvalue weighted by Gasteiger charge is 2.18. The predicted octanol–water partition coefficient (Wildman–Crippen LogP) is 2.11. The van der Waals surface area contributed by atoms with Crippen molar-refractivity contribution in [2.75, 3.05) is 13.1 Å². The van der Waals surface area contributed by atoms with E-state index in [1.54, 1.807) is 23.1 Å². The van der Waals surface area contributed by atoms with Crippen molar-refractivity contribution in [2.24, 2.45) is 0 Å². The van der Waals surface area contributed by atoms with E-state index in [9.17, 15) is 9.59 Å². The maximum Gasteiger partial charge on any atom is 0.335 e. The largest absolute Gasteiger partial charge is 0.478 e. The molecule has 100 valence electrons. The van der Waals surface area contributed by atoms with Crippen LogP contribution in [0.25, 0.3) is 0 Å². The zero-order chi connectivity index (χ0) is 13.8. The number of amides is 1. The number of aromatic carboxylic acids is 1. The number of carboxylic acid groups (broad SMARTS) is 1. The van der Waals surface area contributed by atoms with Gasteiger partial charge in [0.1, 0.15) is 0 Å². The molecular weight excluding hydrogens is 242 g/mol. The minimum atomic E-state index is -0.988. The SMILES string of the molecule is CC1=CCN(C(=O)Cc2ccccc2C(=O)O)CC1. The number of benzene rings is 1. The Labute approximate surface area is 112 Å². The van der Waals surface area contributed by atoms with Gasteiger partial charge in [-0.2, -0.15) is 0 Å². The molecule has 0 radical (unpaired) electrons. The van der Waals surface area contributed by atoms with Crippen molar-refractivity contribution >= 4 is 11.9 Å². The lowest BCUT2D eigenvalue weighted by Gasteiger charge is -2.25. The summed E-state index contributed by atoms with van der Waals surface area (Å²) in [5.74, 6) is -1.00. The van der Waals surface area contributed by atoms with Gasteiger partial charge in [-0.15, -0.1) is 0 Å². The molecule has 0 saturated heterocycles. The first-order valence-corrected chi connectivity index (χ1v) is 6.32. The summed E-state index contributed by atoms with van der Waals surface area (Å²) in [6, 6.07) is 6.66. The van der Waals surface area contributed by atoms with Gasteiger partial charge in [-0.3, -0.25) is 4.79 Å². The van der Waals surface area contributed by atoms with Crippen LogP contribution in [0.5, 0.6) is 0 Å². The van der Waals surface area contributed by atoms with Gasteiger partial charge in [-0.25, -0.2) is 4.79 Å². The lowest BCUT2D eigenvalue weighted by Crippen LogP contribution is -2.35. The van der Waals surface area contributed by atoms with E-state index in [-0.39, 0.29) is 17.9 Å². The van der Waals surface area contributed by atoms with Gasteiger partial charge in [0.15, 0.2) is 0 Å². The smallest absolute Gasteiger partial charge is 0.335 e. The quantitative estimate of drug-likeness (QED) is 0.846. The van der Waals surface area contributed by atoms with E-state index >= 15 is 0 Å². The molecule has 0 aliphatic carbocycles. The van der Waals surface area contributed by atoms with E-state index in [0.29, 0.717) is 12.1 Å². The Hall–Kier alpha value is -2.10. The van der Waals surface area contributed by atoms with Gasteiger partial charge in [0, 0.05) is 13.1 Å². The average molecular weight is 259 g/mol. The summed E-state index contributed by atoms with van der Waals surface area (Å²) >= 11 is 0. The van der Waals surface area contributed by atoms with Gasteiger partial charge in [-0.1, -0.05) is 29.8 Å². The normalized spacial score (nSPS) is 15.0. The molecule has 4 heteroatoms. The van der Waals surface area contributed by atoms with E-state index in [4.69, 9.17) is 5.11 Å². The van der Waals surface area contributed by atoms with Crippen molar-refractivity contribution in [1.82, 2.24) is 4.90 Å². The number of carbonyl (C=O) groups excluding carboxylic acids is 1. The fraction of sp³-hybridized carbons (Fsp3) is 0.333. The second-order valence-electron chi connectivity index (χ2n) is 4.78. The van der Waals surface area contributed by atoms with Crippen LogP contribution in [0.3, 0.4) is 0 Å². The third-order valence-electron chi connectivity index (χ3n) is 3.38. The Bertz CT molecular complexity index is 534. The van der Waals surface area contributed by atoms with Crippen molar-refractivity contribution in [3.05, 3.63) is 47.0 Å². The standard InChI is InChI=1S/C15H17NO3/c1-11-6-8-16(9-7-11)14(17)10-12-4-2-3-5-13(12)15(18)19/h2-6H,7-10H2,1H3,(H,18,19). The molecule has 4 nitrogen and oxygen atoms in total. The van der Waals surface area contributed by atoms with E-state index in [0.717, 1.165) is 13.0 Å². The van der Waals surface area contributed by atoms with Crippen LogP contribution in [0.2, 0.25) is 0 Å². The van der Waals surface area contributed by atoms with Crippen LogP contribution in [0.1, 0.15) is 29.3 Å². The van der Waals surface area contributed by atoms with Crippen molar-refractivity contribution < 1.29 is 14.7 Å². The van der Waals surface area contributed by atoms with Crippen molar-refractivity contribution in [2.45, 2.75) is 19.8 Å². The Balaban J connectivity index is 2.09. The molecule has 19 heavy (non-hydrogen) atoms. The van der Waals surface area contributed by atoms with Crippen LogP contribution >= 0.6 is 0 Å². The second kappa shape index (κ2) is 5.69. The first kappa shape index (κ1) is 13.3. The molecule has 0 saturated carbocycles. The van der Waals surface area contributed by atoms with E-state index in [2.05, 4.69) is 6.92 Å². The van der Waals surface area contributed by atoms with Crippen LogP contribution in [0.15, 0.2) is 35.9 Å². The fourth-order valence-corrected chi connectivity index (χ4v) is 2.16. The zero-order valence-corrected chi connectivity index (χ0v) is 10.9. The highest BCUT2D eigenvalue weighted by molar-refractivity contribution is 5.91. The molecule has 1 amide bonds. The summed E-state index contributed by atoms with van der Waals surface area (Å²) in [5.41, 5.74) is 2.08. The molecule has 0 spiro atoms. The molecule has 0 bridgehead atoms. The second-order valence-corrected chi connectivity index (χ2v) is 4.78. The highest BCUT2D eigenvalue weighted by atomic mass is 16.4. The van der Waals surface area contributed by atoms with Crippen molar-refractivity contribution in [3.8, 4) is 0 Å². The topological polar surface area (TPSA) is 57.6 Å². The molecule has 0 atom stereocenters. The fourth-order valence-electron chi connectivity index (χ4n) is 2.16. The first-order chi connectivity index (χ1) is 9.08. The Morgan fingerprint density at radius 3 is 2.68 bits per heavy atom. The summed E-state index contributed by atoms with van der Waals surface area (Å²) in [4.78, 5) is 25.0. The number of carboxylic acids is 1. The maximum atomic E-state index is 12.2. The van der Waals surface area contributed by atoms with E-state index in [1.807, 2.05) is 6.08 Å². The van der Waals surface area contributed by atoms with Gasteiger partial charge >= 0.3 is 5.97 Å².